The van der Waals surface area contributed by atoms with E-state index in [1.807, 2.05) is 18.2 Å². The molecule has 3 nitrogen and oxygen atoms in total. The average molecular weight is 238 g/mol. The molecule has 1 saturated heterocycles. The summed E-state index contributed by atoms with van der Waals surface area (Å²) in [7, 11) is 0. The molecule has 2 atom stereocenters. The maximum atomic E-state index is 11.1. The number of hydrogen-bond acceptors (Lipinski definition) is 1. The van der Waals surface area contributed by atoms with Crippen LogP contribution in [0.3, 0.4) is 0 Å². The minimum atomic E-state index is -0.823. The summed E-state index contributed by atoms with van der Waals surface area (Å²) in [4.78, 5) is 12.7. The predicted molar refractivity (Wildman–Crippen MR) is 60.9 cm³/mol. The molecule has 2 aliphatic rings. The molecule has 2 bridgehead atoms. The van der Waals surface area contributed by atoms with E-state index >= 15 is 0 Å². The maximum absolute atomic E-state index is 11.1. The highest BCUT2D eigenvalue weighted by molar-refractivity contribution is 6.30. The van der Waals surface area contributed by atoms with Gasteiger partial charge in [0, 0.05) is 11.6 Å². The van der Waals surface area contributed by atoms with E-state index in [-0.39, 0.29) is 6.04 Å². The number of halogens is 1. The van der Waals surface area contributed by atoms with Gasteiger partial charge in [0.15, 0.2) is 0 Å². The van der Waals surface area contributed by atoms with Crippen molar-refractivity contribution in [3.05, 3.63) is 34.3 Å². The van der Waals surface area contributed by atoms with Crippen LogP contribution in [-0.4, -0.2) is 22.6 Å². The molecule has 1 amide bonds. The van der Waals surface area contributed by atoms with Crippen LogP contribution in [0.2, 0.25) is 5.02 Å². The van der Waals surface area contributed by atoms with Crippen molar-refractivity contribution in [3.8, 4) is 0 Å². The van der Waals surface area contributed by atoms with E-state index in [9.17, 15) is 4.79 Å². The third-order valence-electron chi connectivity index (χ3n) is 3.70. The first-order valence-electron chi connectivity index (χ1n) is 5.45. The van der Waals surface area contributed by atoms with Gasteiger partial charge in [0.05, 0.1) is 6.04 Å². The highest BCUT2D eigenvalue weighted by Gasteiger charge is 2.40. The number of amides is 1. The zero-order valence-electron chi connectivity index (χ0n) is 8.69. The van der Waals surface area contributed by atoms with Crippen LogP contribution in [0.5, 0.6) is 0 Å². The molecule has 3 rings (SSSR count). The van der Waals surface area contributed by atoms with Crippen LogP contribution in [0, 0.1) is 0 Å². The smallest absolute Gasteiger partial charge is 0.407 e. The number of carbonyl (C=O) groups is 1. The Bertz CT molecular complexity index is 460. The summed E-state index contributed by atoms with van der Waals surface area (Å²) in [6.07, 6.45) is 1.02. The molecule has 0 aromatic heterocycles. The number of piperidine rings is 1. The lowest BCUT2D eigenvalue weighted by molar-refractivity contribution is 0.109. The summed E-state index contributed by atoms with van der Waals surface area (Å²) in [6.45, 7) is 0.636. The van der Waals surface area contributed by atoms with E-state index in [4.69, 9.17) is 16.7 Å². The van der Waals surface area contributed by atoms with Crippen molar-refractivity contribution in [3.63, 3.8) is 0 Å². The molecule has 1 aromatic carbocycles. The Labute approximate surface area is 98.6 Å². The number of likely N-dealkylation sites (tertiary alicyclic amines) is 1. The van der Waals surface area contributed by atoms with E-state index in [0.717, 1.165) is 18.4 Å². The van der Waals surface area contributed by atoms with Crippen molar-refractivity contribution < 1.29 is 9.90 Å². The Morgan fingerprint density at radius 1 is 1.44 bits per heavy atom. The molecule has 1 heterocycles. The fourth-order valence-corrected chi connectivity index (χ4v) is 3.16. The van der Waals surface area contributed by atoms with Gasteiger partial charge in [0.25, 0.3) is 0 Å². The number of benzene rings is 1. The number of hydrogen-bond donors (Lipinski definition) is 1. The summed E-state index contributed by atoms with van der Waals surface area (Å²) < 4.78 is 0. The minimum Gasteiger partial charge on any atom is -0.465 e. The standard InChI is InChI=1S/C12H12ClNO2/c13-8-1-2-9-7-3-4-14(12(15)16)11(5-7)10(9)6-8/h1-2,6-7,11H,3-5H2,(H,15,16)/t7-,11+/m1/s1. The van der Waals surface area contributed by atoms with Crippen molar-refractivity contribution in [2.75, 3.05) is 6.54 Å². The van der Waals surface area contributed by atoms with Crippen molar-refractivity contribution in [1.29, 1.82) is 0 Å². The Hall–Kier alpha value is -1.22. The fraction of sp³-hybridized carbons (Fsp3) is 0.417. The van der Waals surface area contributed by atoms with Gasteiger partial charge in [0.1, 0.15) is 0 Å². The molecule has 1 N–H and O–H groups in total. The van der Waals surface area contributed by atoms with Gasteiger partial charge in [-0.3, -0.25) is 0 Å². The van der Waals surface area contributed by atoms with Gasteiger partial charge in [-0.15, -0.1) is 0 Å². The lowest BCUT2D eigenvalue weighted by Gasteiger charge is -2.31. The van der Waals surface area contributed by atoms with Crippen LogP contribution in [0.1, 0.15) is 35.9 Å². The van der Waals surface area contributed by atoms with Gasteiger partial charge < -0.3 is 10.0 Å². The number of rotatable bonds is 0. The first-order chi connectivity index (χ1) is 7.66. The van der Waals surface area contributed by atoms with Gasteiger partial charge in [-0.1, -0.05) is 17.7 Å². The molecular formula is C12H12ClNO2. The highest BCUT2D eigenvalue weighted by atomic mass is 35.5. The average Bonchev–Trinajstić information content (AvgIpc) is 2.52. The molecule has 0 spiro atoms. The minimum absolute atomic E-state index is 0.0185. The fourth-order valence-electron chi connectivity index (χ4n) is 2.98. The lowest BCUT2D eigenvalue weighted by atomic mass is 9.96. The second-order valence-electron chi connectivity index (χ2n) is 4.49. The summed E-state index contributed by atoms with van der Waals surface area (Å²) in [5.74, 6) is 0.521. The second-order valence-corrected chi connectivity index (χ2v) is 4.92. The van der Waals surface area contributed by atoms with Crippen LogP contribution in [0.25, 0.3) is 0 Å². The summed E-state index contributed by atoms with van der Waals surface area (Å²) in [6, 6.07) is 5.88. The Morgan fingerprint density at radius 3 is 3.00 bits per heavy atom. The first-order valence-corrected chi connectivity index (χ1v) is 5.83. The molecule has 1 aliphatic carbocycles. The van der Waals surface area contributed by atoms with Crippen molar-refractivity contribution in [2.24, 2.45) is 0 Å². The van der Waals surface area contributed by atoms with Gasteiger partial charge >= 0.3 is 6.09 Å². The molecule has 0 unspecified atom stereocenters. The molecular weight excluding hydrogens is 226 g/mol. The number of nitrogens with zero attached hydrogens (tertiary/aromatic N) is 1. The maximum Gasteiger partial charge on any atom is 0.407 e. The van der Waals surface area contributed by atoms with Crippen molar-refractivity contribution in [2.45, 2.75) is 24.8 Å². The van der Waals surface area contributed by atoms with Gasteiger partial charge in [-0.2, -0.15) is 0 Å². The number of fused-ring (bicyclic) bond motifs is 5. The van der Waals surface area contributed by atoms with Gasteiger partial charge in [-0.05, 0) is 42.0 Å². The summed E-state index contributed by atoms with van der Waals surface area (Å²) in [5.41, 5.74) is 2.40. The van der Waals surface area contributed by atoms with Crippen LogP contribution >= 0.6 is 11.6 Å². The zero-order chi connectivity index (χ0) is 11.3. The monoisotopic (exact) mass is 237 g/mol. The van der Waals surface area contributed by atoms with Crippen LogP contribution in [0.15, 0.2) is 18.2 Å². The van der Waals surface area contributed by atoms with E-state index < -0.39 is 6.09 Å². The summed E-state index contributed by atoms with van der Waals surface area (Å²) >= 11 is 5.98. The van der Waals surface area contributed by atoms with E-state index in [1.165, 1.54) is 5.56 Å². The van der Waals surface area contributed by atoms with E-state index in [1.54, 1.807) is 4.90 Å². The van der Waals surface area contributed by atoms with E-state index in [0.29, 0.717) is 17.5 Å². The molecule has 1 fully saturated rings. The predicted octanol–water partition coefficient (Wildman–Crippen LogP) is 3.25. The Morgan fingerprint density at radius 2 is 2.25 bits per heavy atom. The third-order valence-corrected chi connectivity index (χ3v) is 3.93. The van der Waals surface area contributed by atoms with Crippen molar-refractivity contribution >= 4 is 17.7 Å². The molecule has 1 aromatic rings. The normalized spacial score (nSPS) is 26.7. The molecule has 84 valence electrons. The van der Waals surface area contributed by atoms with E-state index in [2.05, 4.69) is 0 Å². The first kappa shape index (κ1) is 9.97. The molecule has 1 aliphatic heterocycles. The van der Waals surface area contributed by atoms with Crippen LogP contribution in [-0.2, 0) is 0 Å². The quantitative estimate of drug-likeness (QED) is 0.753. The lowest BCUT2D eigenvalue weighted by Crippen LogP contribution is -2.36. The Kier molecular flexibility index (Phi) is 2.11. The second kappa shape index (κ2) is 3.39. The SMILES string of the molecule is O=C(O)N1CC[C@@H]2C[C@H]1c1cc(Cl)ccc12. The summed E-state index contributed by atoms with van der Waals surface area (Å²) in [5, 5.41) is 9.84. The van der Waals surface area contributed by atoms with Crippen LogP contribution < -0.4 is 0 Å². The molecule has 0 radical (unpaired) electrons. The van der Waals surface area contributed by atoms with Gasteiger partial charge in [-0.25, -0.2) is 4.79 Å². The molecule has 0 saturated carbocycles. The van der Waals surface area contributed by atoms with Crippen molar-refractivity contribution in [1.82, 2.24) is 4.90 Å². The Balaban J connectivity index is 2.08. The van der Waals surface area contributed by atoms with Crippen LogP contribution in [0.4, 0.5) is 4.79 Å². The van der Waals surface area contributed by atoms with Gasteiger partial charge in [0.2, 0.25) is 0 Å². The zero-order valence-corrected chi connectivity index (χ0v) is 9.44. The largest absolute Gasteiger partial charge is 0.465 e. The molecule has 16 heavy (non-hydrogen) atoms. The highest BCUT2D eigenvalue weighted by Crippen LogP contribution is 2.49. The molecule has 4 heteroatoms. The topological polar surface area (TPSA) is 40.5 Å². The number of carboxylic acid groups (broad SMARTS) is 1. The third kappa shape index (κ3) is 1.31.